The van der Waals surface area contributed by atoms with E-state index in [0.29, 0.717) is 32.6 Å². The Morgan fingerprint density at radius 3 is 2.44 bits per heavy atom. The number of aryl methyl sites for hydroxylation is 1. The van der Waals surface area contributed by atoms with Gasteiger partial charge in [-0.15, -0.1) is 0 Å². The largest absolute Gasteiger partial charge is 0.424 e. The summed E-state index contributed by atoms with van der Waals surface area (Å²) in [5.74, 6) is -1.78. The molecule has 0 aliphatic heterocycles. The van der Waals surface area contributed by atoms with Crippen LogP contribution < -0.4 is 0 Å². The summed E-state index contributed by atoms with van der Waals surface area (Å²) in [6.07, 6.45) is -1.42. The lowest BCUT2D eigenvalue weighted by Crippen LogP contribution is -2.52. The molecular weight excluding hydrogens is 357 g/mol. The molecule has 1 aliphatic carbocycles. The maximum atomic E-state index is 12.9. The minimum Gasteiger partial charge on any atom is -0.374 e. The highest BCUT2D eigenvalue weighted by Crippen LogP contribution is 2.41. The number of nitrogens with zero attached hydrogens (tertiary/aromatic N) is 2. The topological polar surface area (TPSA) is 55.1 Å². The molecule has 4 nitrogen and oxygen atoms in total. The third-order valence-electron chi connectivity index (χ3n) is 5.47. The second kappa shape index (κ2) is 7.11. The van der Waals surface area contributed by atoms with E-state index < -0.39 is 23.5 Å². The smallest absolute Gasteiger partial charge is 0.374 e. The van der Waals surface area contributed by atoms with Crippen LogP contribution in [0, 0.1) is 12.8 Å². The maximum Gasteiger partial charge on any atom is 0.424 e. The SMILES string of the molecule is Cc1cccc(-n2nccc2C2CCC(C(=O)[C@@](C)(O)C(F)(F)F)CC2)c1. The highest BCUT2D eigenvalue weighted by molar-refractivity contribution is 5.89. The van der Waals surface area contributed by atoms with Crippen LogP contribution in [0.5, 0.6) is 0 Å². The second-order valence-corrected chi connectivity index (χ2v) is 7.49. The fourth-order valence-corrected chi connectivity index (χ4v) is 3.79. The molecule has 1 N–H and O–H groups in total. The number of rotatable bonds is 4. The summed E-state index contributed by atoms with van der Waals surface area (Å²) in [5.41, 5.74) is -0.242. The van der Waals surface area contributed by atoms with Crippen molar-refractivity contribution in [2.45, 2.75) is 57.2 Å². The third-order valence-corrected chi connectivity index (χ3v) is 5.47. The van der Waals surface area contributed by atoms with Gasteiger partial charge in [-0.3, -0.25) is 4.79 Å². The number of carbonyl (C=O) groups is 1. The minimum absolute atomic E-state index is 0.118. The van der Waals surface area contributed by atoms with Crippen LogP contribution in [0.3, 0.4) is 0 Å². The number of carbonyl (C=O) groups excluding carboxylic acids is 1. The summed E-state index contributed by atoms with van der Waals surface area (Å²) in [7, 11) is 0. The molecule has 0 spiro atoms. The quantitative estimate of drug-likeness (QED) is 0.859. The van der Waals surface area contributed by atoms with Gasteiger partial charge in [-0.05, 0) is 63.3 Å². The Hall–Kier alpha value is -2.15. The Labute approximate surface area is 156 Å². The minimum atomic E-state index is -4.95. The highest BCUT2D eigenvalue weighted by Gasteiger charge is 2.57. The van der Waals surface area contributed by atoms with Crippen molar-refractivity contribution in [2.75, 3.05) is 0 Å². The number of halogens is 3. The summed E-state index contributed by atoms with van der Waals surface area (Å²) in [5, 5.41) is 14.0. The molecule has 1 heterocycles. The van der Waals surface area contributed by atoms with Crippen LogP contribution in [0.2, 0.25) is 0 Å². The Morgan fingerprint density at radius 1 is 1.19 bits per heavy atom. The molecule has 1 saturated carbocycles. The average molecular weight is 380 g/mol. The first-order valence-electron chi connectivity index (χ1n) is 9.05. The molecule has 0 saturated heterocycles. The summed E-state index contributed by atoms with van der Waals surface area (Å²) in [6, 6.07) is 9.84. The lowest BCUT2D eigenvalue weighted by molar-refractivity contribution is -0.246. The molecule has 1 aromatic heterocycles. The van der Waals surface area contributed by atoms with E-state index in [1.165, 1.54) is 0 Å². The number of hydrogen-bond donors (Lipinski definition) is 1. The van der Waals surface area contributed by atoms with Crippen LogP contribution in [0.15, 0.2) is 36.5 Å². The first-order chi connectivity index (χ1) is 12.6. The lowest BCUT2D eigenvalue weighted by Gasteiger charge is -2.33. The lowest BCUT2D eigenvalue weighted by atomic mass is 9.75. The summed E-state index contributed by atoms with van der Waals surface area (Å²) in [4.78, 5) is 12.2. The van der Waals surface area contributed by atoms with Gasteiger partial charge >= 0.3 is 6.18 Å². The summed E-state index contributed by atoms with van der Waals surface area (Å²) < 4.78 is 40.6. The molecule has 0 amide bonds. The predicted octanol–water partition coefficient (Wildman–Crippen LogP) is 4.34. The van der Waals surface area contributed by atoms with Crippen LogP contribution in [-0.2, 0) is 4.79 Å². The molecule has 1 aliphatic rings. The van der Waals surface area contributed by atoms with Gasteiger partial charge in [-0.1, -0.05) is 12.1 Å². The van der Waals surface area contributed by atoms with Gasteiger partial charge in [0.1, 0.15) is 0 Å². The van der Waals surface area contributed by atoms with Crippen LogP contribution in [0.4, 0.5) is 13.2 Å². The normalized spacial score (nSPS) is 23.0. The molecule has 0 bridgehead atoms. The van der Waals surface area contributed by atoms with Gasteiger partial charge in [0.15, 0.2) is 5.78 Å². The zero-order valence-corrected chi connectivity index (χ0v) is 15.3. The Bertz CT molecular complexity index is 819. The van der Waals surface area contributed by atoms with Crippen LogP contribution in [-0.4, -0.2) is 32.4 Å². The Morgan fingerprint density at radius 2 is 1.85 bits per heavy atom. The number of Topliss-reactive ketones (excluding diaryl/α,β-unsaturated/α-hetero) is 1. The van der Waals surface area contributed by atoms with Gasteiger partial charge in [0.05, 0.1) is 5.69 Å². The molecule has 1 aromatic carbocycles. The van der Waals surface area contributed by atoms with E-state index in [9.17, 15) is 23.1 Å². The van der Waals surface area contributed by atoms with Crippen molar-refractivity contribution < 1.29 is 23.1 Å². The number of aliphatic hydroxyl groups is 1. The van der Waals surface area contributed by atoms with Crippen molar-refractivity contribution in [3.63, 3.8) is 0 Å². The van der Waals surface area contributed by atoms with Crippen molar-refractivity contribution in [1.82, 2.24) is 9.78 Å². The molecule has 2 aromatic rings. The van der Waals surface area contributed by atoms with Gasteiger partial charge in [-0.2, -0.15) is 18.3 Å². The van der Waals surface area contributed by atoms with Gasteiger partial charge in [0.2, 0.25) is 5.60 Å². The average Bonchev–Trinajstić information content (AvgIpc) is 3.10. The van der Waals surface area contributed by atoms with Gasteiger partial charge in [0, 0.05) is 23.7 Å². The molecule has 1 atom stereocenters. The molecule has 3 rings (SSSR count). The summed E-state index contributed by atoms with van der Waals surface area (Å²) >= 11 is 0. The standard InChI is InChI=1S/C20H23F3N2O2/c1-13-4-3-5-16(12-13)25-17(10-11-24-25)14-6-8-15(9-7-14)18(26)19(2,27)20(21,22)23/h3-5,10-12,14-15,27H,6-9H2,1-2H3/t14?,15?,19-/m1/s1. The number of hydrogen-bond acceptors (Lipinski definition) is 3. The van der Waals surface area contributed by atoms with E-state index in [2.05, 4.69) is 5.10 Å². The van der Waals surface area contributed by atoms with Crippen LogP contribution >= 0.6 is 0 Å². The molecule has 0 radical (unpaired) electrons. The number of ketones is 1. The van der Waals surface area contributed by atoms with Crippen molar-refractivity contribution in [2.24, 2.45) is 5.92 Å². The van der Waals surface area contributed by atoms with Gasteiger partial charge in [0.25, 0.3) is 0 Å². The summed E-state index contributed by atoms with van der Waals surface area (Å²) in [6.45, 7) is 2.55. The molecule has 1 fully saturated rings. The van der Waals surface area contributed by atoms with E-state index in [4.69, 9.17) is 0 Å². The highest BCUT2D eigenvalue weighted by atomic mass is 19.4. The van der Waals surface area contributed by atoms with Crippen molar-refractivity contribution in [1.29, 1.82) is 0 Å². The Kier molecular flexibility index (Phi) is 5.16. The molecule has 0 unspecified atom stereocenters. The number of aromatic nitrogens is 2. The first-order valence-corrected chi connectivity index (χ1v) is 9.05. The van der Waals surface area contributed by atoms with E-state index in [1.54, 1.807) is 6.20 Å². The number of alkyl halides is 3. The zero-order chi connectivity index (χ0) is 19.8. The fraction of sp³-hybridized carbons (Fsp3) is 0.500. The van der Waals surface area contributed by atoms with E-state index >= 15 is 0 Å². The molecule has 146 valence electrons. The second-order valence-electron chi connectivity index (χ2n) is 7.49. The monoisotopic (exact) mass is 380 g/mol. The first kappa shape index (κ1) is 19.6. The van der Waals surface area contributed by atoms with Crippen LogP contribution in [0.25, 0.3) is 5.69 Å². The molecular formula is C20H23F3N2O2. The Balaban J connectivity index is 1.73. The van der Waals surface area contributed by atoms with Gasteiger partial charge < -0.3 is 5.11 Å². The van der Waals surface area contributed by atoms with Crippen LogP contribution in [0.1, 0.15) is 49.8 Å². The van der Waals surface area contributed by atoms with E-state index in [-0.39, 0.29) is 5.92 Å². The zero-order valence-electron chi connectivity index (χ0n) is 15.3. The molecule has 7 heteroatoms. The third kappa shape index (κ3) is 3.78. The van der Waals surface area contributed by atoms with E-state index in [1.807, 2.05) is 41.9 Å². The van der Waals surface area contributed by atoms with E-state index in [0.717, 1.165) is 16.9 Å². The van der Waals surface area contributed by atoms with Crippen molar-refractivity contribution in [3.05, 3.63) is 47.8 Å². The van der Waals surface area contributed by atoms with Crippen molar-refractivity contribution in [3.8, 4) is 5.69 Å². The fourth-order valence-electron chi connectivity index (χ4n) is 3.79. The number of benzene rings is 1. The van der Waals surface area contributed by atoms with Crippen molar-refractivity contribution >= 4 is 5.78 Å². The maximum absolute atomic E-state index is 12.9. The molecule has 27 heavy (non-hydrogen) atoms. The predicted molar refractivity (Wildman–Crippen MR) is 94.7 cm³/mol. The van der Waals surface area contributed by atoms with Gasteiger partial charge in [-0.25, -0.2) is 4.68 Å².